The zero-order chi connectivity index (χ0) is 23.9. The minimum Gasteiger partial charge on any atom is -0.456 e. The van der Waals surface area contributed by atoms with E-state index >= 15 is 0 Å². The molecule has 0 unspecified atom stereocenters. The van der Waals surface area contributed by atoms with Gasteiger partial charge in [-0.1, -0.05) is 54.6 Å². The van der Waals surface area contributed by atoms with Gasteiger partial charge in [0, 0.05) is 0 Å². The van der Waals surface area contributed by atoms with Gasteiger partial charge < -0.3 is 18.9 Å². The first-order valence-corrected chi connectivity index (χ1v) is 10.9. The Kier molecular flexibility index (Phi) is 7.34. The third-order valence-electron chi connectivity index (χ3n) is 5.43. The highest BCUT2D eigenvalue weighted by Crippen LogP contribution is 2.27. The van der Waals surface area contributed by atoms with Crippen molar-refractivity contribution in [2.24, 2.45) is 0 Å². The third-order valence-corrected chi connectivity index (χ3v) is 5.43. The first-order valence-electron chi connectivity index (χ1n) is 10.9. The minimum absolute atomic E-state index is 0.0107. The van der Waals surface area contributed by atoms with Gasteiger partial charge >= 0.3 is 17.9 Å². The Balaban J connectivity index is 1.51. The molecule has 1 aliphatic rings. The fraction of sp³-hybridized carbons (Fsp3) is 0.222. The van der Waals surface area contributed by atoms with Crippen molar-refractivity contribution >= 4 is 17.9 Å². The van der Waals surface area contributed by atoms with Crippen molar-refractivity contribution in [1.82, 2.24) is 0 Å². The summed E-state index contributed by atoms with van der Waals surface area (Å²) in [6.07, 6.45) is -3.45. The van der Waals surface area contributed by atoms with Crippen LogP contribution in [0.2, 0.25) is 0 Å². The topological polar surface area (TPSA) is 88.1 Å². The van der Waals surface area contributed by atoms with Crippen LogP contribution in [-0.2, 0) is 18.9 Å². The molecule has 0 radical (unpaired) electrons. The lowest BCUT2D eigenvalue weighted by atomic mass is 10.1. The first-order chi connectivity index (χ1) is 16.5. The summed E-state index contributed by atoms with van der Waals surface area (Å²) in [6.45, 7) is 1.64. The van der Waals surface area contributed by atoms with Crippen LogP contribution in [0.1, 0.15) is 38.0 Å². The lowest BCUT2D eigenvalue weighted by Gasteiger charge is -2.27. The fourth-order valence-electron chi connectivity index (χ4n) is 3.68. The van der Waals surface area contributed by atoms with Crippen LogP contribution >= 0.6 is 0 Å². The lowest BCUT2D eigenvalue weighted by molar-refractivity contribution is -0.0671. The van der Waals surface area contributed by atoms with Crippen LogP contribution in [0, 0.1) is 0 Å². The standard InChI is InChI=1S/C27H24O7/c1-18(32-25(28)19-11-5-2-6-12-19)23-24(34-27(30)21-15-9-4-10-16-21)22(17-31-23)33-26(29)20-13-7-3-8-14-20/h2-16,18,22-24H,17H2,1H3/t18-,22+,23-,24+/m1/s1. The Bertz CT molecular complexity index is 1120. The Labute approximate surface area is 197 Å². The summed E-state index contributed by atoms with van der Waals surface area (Å²) in [5.74, 6) is -1.69. The number of hydrogen-bond donors (Lipinski definition) is 0. The molecule has 34 heavy (non-hydrogen) atoms. The number of ether oxygens (including phenoxy) is 4. The predicted octanol–water partition coefficient (Wildman–Crippen LogP) is 4.08. The molecule has 1 aliphatic heterocycles. The number of esters is 3. The molecule has 4 rings (SSSR count). The Morgan fingerprint density at radius 3 is 1.65 bits per heavy atom. The summed E-state index contributed by atoms with van der Waals surface area (Å²) in [7, 11) is 0. The molecule has 0 amide bonds. The van der Waals surface area contributed by atoms with E-state index in [0.717, 1.165) is 0 Å². The molecule has 1 fully saturated rings. The van der Waals surface area contributed by atoms with Gasteiger partial charge in [-0.3, -0.25) is 0 Å². The van der Waals surface area contributed by atoms with Crippen molar-refractivity contribution in [3.8, 4) is 0 Å². The van der Waals surface area contributed by atoms with Gasteiger partial charge in [0.2, 0.25) is 0 Å². The second-order valence-electron chi connectivity index (χ2n) is 7.82. The quantitative estimate of drug-likeness (QED) is 0.388. The molecule has 1 heterocycles. The molecule has 174 valence electrons. The Morgan fingerprint density at radius 1 is 0.706 bits per heavy atom. The zero-order valence-electron chi connectivity index (χ0n) is 18.5. The number of carbonyl (C=O) groups is 3. The van der Waals surface area contributed by atoms with E-state index in [2.05, 4.69) is 0 Å². The Hall–Kier alpha value is -3.97. The van der Waals surface area contributed by atoms with E-state index in [-0.39, 0.29) is 6.61 Å². The van der Waals surface area contributed by atoms with Crippen molar-refractivity contribution in [2.45, 2.75) is 31.3 Å². The summed E-state index contributed by atoms with van der Waals surface area (Å²) in [4.78, 5) is 38.0. The first kappa shape index (κ1) is 23.2. The van der Waals surface area contributed by atoms with Crippen molar-refractivity contribution in [3.63, 3.8) is 0 Å². The number of hydrogen-bond acceptors (Lipinski definition) is 7. The molecular formula is C27H24O7. The minimum atomic E-state index is -0.973. The van der Waals surface area contributed by atoms with Crippen molar-refractivity contribution < 1.29 is 33.3 Å². The van der Waals surface area contributed by atoms with Crippen LogP contribution in [0.4, 0.5) is 0 Å². The molecule has 0 aliphatic carbocycles. The van der Waals surface area contributed by atoms with Crippen LogP contribution in [0.25, 0.3) is 0 Å². The van der Waals surface area contributed by atoms with Gasteiger partial charge in [0.05, 0.1) is 23.3 Å². The molecular weight excluding hydrogens is 436 g/mol. The van der Waals surface area contributed by atoms with Gasteiger partial charge in [-0.05, 0) is 43.3 Å². The van der Waals surface area contributed by atoms with Gasteiger partial charge in [-0.25, -0.2) is 14.4 Å². The maximum absolute atomic E-state index is 12.8. The molecule has 0 N–H and O–H groups in total. The summed E-state index contributed by atoms with van der Waals surface area (Å²) >= 11 is 0. The monoisotopic (exact) mass is 460 g/mol. The fourth-order valence-corrected chi connectivity index (χ4v) is 3.68. The highest BCUT2D eigenvalue weighted by Gasteiger charge is 2.47. The summed E-state index contributed by atoms with van der Waals surface area (Å²) < 4.78 is 22.8. The number of rotatable bonds is 7. The Morgan fingerprint density at radius 2 is 1.15 bits per heavy atom. The largest absolute Gasteiger partial charge is 0.456 e. The van der Waals surface area contributed by atoms with Gasteiger partial charge in [-0.2, -0.15) is 0 Å². The van der Waals surface area contributed by atoms with Gasteiger partial charge in [0.1, 0.15) is 12.2 Å². The molecule has 1 saturated heterocycles. The highest BCUT2D eigenvalue weighted by molar-refractivity contribution is 5.91. The smallest absolute Gasteiger partial charge is 0.338 e. The van der Waals surface area contributed by atoms with E-state index in [0.29, 0.717) is 16.7 Å². The molecule has 3 aromatic carbocycles. The average molecular weight is 460 g/mol. The van der Waals surface area contributed by atoms with Gasteiger partial charge in [0.15, 0.2) is 12.2 Å². The molecule has 0 aromatic heterocycles. The van der Waals surface area contributed by atoms with Gasteiger partial charge in [0.25, 0.3) is 0 Å². The van der Waals surface area contributed by atoms with E-state index in [1.54, 1.807) is 97.9 Å². The van der Waals surface area contributed by atoms with Gasteiger partial charge in [-0.15, -0.1) is 0 Å². The summed E-state index contributed by atoms with van der Waals surface area (Å²) in [5, 5.41) is 0. The normalized spacial score (nSPS) is 20.2. The SMILES string of the molecule is C[C@@H](OC(=O)c1ccccc1)[C@H]1OC[C@H](OC(=O)c2ccccc2)[C@@H]1OC(=O)c1ccccc1. The highest BCUT2D eigenvalue weighted by atomic mass is 16.6. The maximum atomic E-state index is 12.8. The van der Waals surface area contributed by atoms with E-state index in [9.17, 15) is 14.4 Å². The molecule has 0 spiro atoms. The second kappa shape index (κ2) is 10.8. The third kappa shape index (κ3) is 5.50. The van der Waals surface area contributed by atoms with E-state index < -0.39 is 42.3 Å². The number of benzene rings is 3. The molecule has 4 atom stereocenters. The average Bonchev–Trinajstić information content (AvgIpc) is 3.27. The maximum Gasteiger partial charge on any atom is 0.338 e. The van der Waals surface area contributed by atoms with Crippen molar-refractivity contribution in [1.29, 1.82) is 0 Å². The van der Waals surface area contributed by atoms with Crippen LogP contribution in [0.3, 0.4) is 0 Å². The molecule has 7 nitrogen and oxygen atoms in total. The van der Waals surface area contributed by atoms with E-state index in [4.69, 9.17) is 18.9 Å². The van der Waals surface area contributed by atoms with Crippen LogP contribution in [0.15, 0.2) is 91.0 Å². The predicted molar refractivity (Wildman–Crippen MR) is 122 cm³/mol. The van der Waals surface area contributed by atoms with Crippen LogP contribution in [-0.4, -0.2) is 48.9 Å². The van der Waals surface area contributed by atoms with Crippen molar-refractivity contribution in [3.05, 3.63) is 108 Å². The summed E-state index contributed by atoms with van der Waals surface area (Å²) in [5.41, 5.74) is 1.09. The zero-order valence-corrected chi connectivity index (χ0v) is 18.5. The molecule has 3 aromatic rings. The lowest BCUT2D eigenvalue weighted by Crippen LogP contribution is -2.44. The second-order valence-corrected chi connectivity index (χ2v) is 7.82. The van der Waals surface area contributed by atoms with E-state index in [1.807, 2.05) is 0 Å². The molecule has 0 saturated carbocycles. The number of carbonyl (C=O) groups excluding carboxylic acids is 3. The van der Waals surface area contributed by atoms with Crippen molar-refractivity contribution in [2.75, 3.05) is 6.61 Å². The van der Waals surface area contributed by atoms with E-state index in [1.165, 1.54) is 0 Å². The van der Waals surface area contributed by atoms with Crippen LogP contribution in [0.5, 0.6) is 0 Å². The molecule has 0 bridgehead atoms. The van der Waals surface area contributed by atoms with Crippen LogP contribution < -0.4 is 0 Å². The molecule has 7 heteroatoms. The summed E-state index contributed by atoms with van der Waals surface area (Å²) in [6, 6.07) is 25.5.